The number of fused-ring (bicyclic) bond motifs is 3. The van der Waals surface area contributed by atoms with E-state index in [1.165, 1.54) is 0 Å². The Labute approximate surface area is 112 Å². The van der Waals surface area contributed by atoms with E-state index in [0.717, 1.165) is 42.1 Å². The molecule has 1 aromatic carbocycles. The van der Waals surface area contributed by atoms with Gasteiger partial charge in [-0.2, -0.15) is 0 Å². The van der Waals surface area contributed by atoms with Crippen LogP contribution in [0.2, 0.25) is 5.02 Å². The van der Waals surface area contributed by atoms with Gasteiger partial charge in [-0.1, -0.05) is 17.7 Å². The molecule has 0 saturated carbocycles. The van der Waals surface area contributed by atoms with Crippen LogP contribution in [0.15, 0.2) is 18.2 Å². The second-order valence-corrected chi connectivity index (χ2v) is 5.47. The van der Waals surface area contributed by atoms with Crippen LogP contribution in [0.25, 0.3) is 0 Å². The van der Waals surface area contributed by atoms with Crippen molar-refractivity contribution >= 4 is 17.3 Å². The van der Waals surface area contributed by atoms with Crippen LogP contribution in [0.1, 0.15) is 30.9 Å². The van der Waals surface area contributed by atoms with Crippen LogP contribution in [0.3, 0.4) is 0 Å². The van der Waals surface area contributed by atoms with E-state index in [2.05, 4.69) is 11.4 Å². The molecule has 18 heavy (non-hydrogen) atoms. The molecule has 0 aliphatic carbocycles. The Morgan fingerprint density at radius 1 is 1.44 bits per heavy atom. The van der Waals surface area contributed by atoms with Crippen molar-refractivity contribution in [1.29, 1.82) is 0 Å². The van der Waals surface area contributed by atoms with E-state index in [-0.39, 0.29) is 12.7 Å². The van der Waals surface area contributed by atoms with E-state index in [1.807, 2.05) is 12.1 Å². The highest BCUT2D eigenvalue weighted by molar-refractivity contribution is 6.31. The maximum atomic E-state index is 9.00. The van der Waals surface area contributed by atoms with Crippen molar-refractivity contribution in [1.82, 2.24) is 0 Å². The molecule has 2 aliphatic rings. The van der Waals surface area contributed by atoms with E-state index in [0.29, 0.717) is 12.0 Å². The zero-order valence-corrected chi connectivity index (χ0v) is 11.0. The van der Waals surface area contributed by atoms with E-state index in [1.54, 1.807) is 0 Å². The molecule has 1 saturated heterocycles. The van der Waals surface area contributed by atoms with Crippen molar-refractivity contribution in [2.45, 2.75) is 31.4 Å². The smallest absolute Gasteiger partial charge is 0.0907 e. The number of rotatable bonds is 3. The van der Waals surface area contributed by atoms with Crippen LogP contribution in [-0.4, -0.2) is 24.4 Å². The molecule has 1 fully saturated rings. The molecule has 2 aliphatic heterocycles. The average molecular weight is 268 g/mol. The van der Waals surface area contributed by atoms with Gasteiger partial charge in [-0.25, -0.2) is 0 Å². The number of aliphatic hydroxyl groups excluding tert-OH is 1. The predicted octanol–water partition coefficient (Wildman–Crippen LogP) is 2.98. The molecule has 4 heteroatoms. The maximum Gasteiger partial charge on any atom is 0.0907 e. The van der Waals surface area contributed by atoms with Crippen molar-refractivity contribution in [3.63, 3.8) is 0 Å². The van der Waals surface area contributed by atoms with E-state index >= 15 is 0 Å². The van der Waals surface area contributed by atoms with Crippen LogP contribution in [0, 0.1) is 5.92 Å². The molecule has 2 heterocycles. The third kappa shape index (κ3) is 2.00. The fourth-order valence-corrected chi connectivity index (χ4v) is 3.45. The highest BCUT2D eigenvalue weighted by atomic mass is 35.5. The van der Waals surface area contributed by atoms with Crippen molar-refractivity contribution in [2.24, 2.45) is 5.92 Å². The summed E-state index contributed by atoms with van der Waals surface area (Å²) in [5, 5.41) is 13.4. The molecule has 2 N–H and O–H groups in total. The van der Waals surface area contributed by atoms with Crippen LogP contribution in [0.4, 0.5) is 5.69 Å². The van der Waals surface area contributed by atoms with E-state index in [9.17, 15) is 0 Å². The second kappa shape index (κ2) is 5.08. The molecule has 0 unspecified atom stereocenters. The highest BCUT2D eigenvalue weighted by Gasteiger charge is 2.41. The molecule has 3 nitrogen and oxygen atoms in total. The highest BCUT2D eigenvalue weighted by Crippen LogP contribution is 2.47. The van der Waals surface area contributed by atoms with Gasteiger partial charge in [0.25, 0.3) is 0 Å². The summed E-state index contributed by atoms with van der Waals surface area (Å²) in [5.41, 5.74) is 2.20. The summed E-state index contributed by atoms with van der Waals surface area (Å²) in [4.78, 5) is 0. The molecule has 3 atom stereocenters. The lowest BCUT2D eigenvalue weighted by atomic mass is 9.82. The van der Waals surface area contributed by atoms with Gasteiger partial charge in [-0.05, 0) is 31.4 Å². The topological polar surface area (TPSA) is 41.5 Å². The third-order valence-corrected chi connectivity index (χ3v) is 4.34. The first-order chi connectivity index (χ1) is 8.81. The Balaban J connectivity index is 1.92. The van der Waals surface area contributed by atoms with Gasteiger partial charge in [-0.15, -0.1) is 0 Å². The van der Waals surface area contributed by atoms with Crippen molar-refractivity contribution in [3.05, 3.63) is 28.8 Å². The monoisotopic (exact) mass is 267 g/mol. The first-order valence-electron chi connectivity index (χ1n) is 6.58. The lowest BCUT2D eigenvalue weighted by Crippen LogP contribution is -2.36. The molecular formula is C14H18ClNO2. The summed E-state index contributed by atoms with van der Waals surface area (Å²) in [7, 11) is 0. The molecule has 3 rings (SSSR count). The van der Waals surface area contributed by atoms with Gasteiger partial charge < -0.3 is 15.2 Å². The van der Waals surface area contributed by atoms with Gasteiger partial charge in [0.05, 0.1) is 6.10 Å². The normalized spacial score (nSPS) is 29.6. The fourth-order valence-electron chi connectivity index (χ4n) is 3.17. The minimum absolute atomic E-state index is 0.124. The quantitative estimate of drug-likeness (QED) is 0.885. The largest absolute Gasteiger partial charge is 0.396 e. The minimum Gasteiger partial charge on any atom is -0.396 e. The Morgan fingerprint density at radius 3 is 3.17 bits per heavy atom. The second-order valence-electron chi connectivity index (χ2n) is 5.06. The Bertz CT molecular complexity index is 438. The zero-order valence-electron chi connectivity index (χ0n) is 10.2. The fraction of sp³-hybridized carbons (Fsp3) is 0.571. The number of ether oxygens (including phenoxy) is 1. The summed E-state index contributed by atoms with van der Waals surface area (Å²) in [5.74, 6) is 0.476. The van der Waals surface area contributed by atoms with Gasteiger partial charge in [0, 0.05) is 41.4 Å². The number of nitrogens with one attached hydrogen (secondary N) is 1. The Kier molecular flexibility index (Phi) is 3.46. The third-order valence-electron chi connectivity index (χ3n) is 4.01. The number of benzene rings is 1. The van der Waals surface area contributed by atoms with Gasteiger partial charge in [0.15, 0.2) is 0 Å². The molecule has 1 aromatic rings. The predicted molar refractivity (Wildman–Crippen MR) is 72.0 cm³/mol. The van der Waals surface area contributed by atoms with Crippen LogP contribution in [0.5, 0.6) is 0 Å². The summed E-state index contributed by atoms with van der Waals surface area (Å²) in [6, 6.07) is 6.34. The number of hydrogen-bond acceptors (Lipinski definition) is 3. The first kappa shape index (κ1) is 12.3. The summed E-state index contributed by atoms with van der Waals surface area (Å²) in [6.45, 7) is 1.05. The van der Waals surface area contributed by atoms with Crippen molar-refractivity contribution < 1.29 is 9.84 Å². The van der Waals surface area contributed by atoms with Crippen LogP contribution < -0.4 is 5.32 Å². The number of aliphatic hydroxyl groups is 1. The van der Waals surface area contributed by atoms with Crippen LogP contribution in [-0.2, 0) is 4.74 Å². The number of hydrogen-bond donors (Lipinski definition) is 2. The molecule has 0 radical (unpaired) electrons. The molecule has 0 amide bonds. The minimum atomic E-state index is 0.124. The summed E-state index contributed by atoms with van der Waals surface area (Å²) < 4.78 is 5.89. The Hall–Kier alpha value is -0.770. The Morgan fingerprint density at radius 2 is 2.33 bits per heavy atom. The number of anilines is 1. The molecule has 0 spiro atoms. The standard InChI is InChI=1S/C14H18ClNO2/c15-10-3-1-4-12-13(10)14-9(6-8-18-14)11(16-12)5-2-7-17/h1,3-4,9,11,14,16-17H,2,5-8H2/t9-,11+,14-/m0/s1. The van der Waals surface area contributed by atoms with E-state index in [4.69, 9.17) is 21.4 Å². The van der Waals surface area contributed by atoms with Crippen LogP contribution >= 0.6 is 11.6 Å². The summed E-state index contributed by atoms with van der Waals surface area (Å²) >= 11 is 6.30. The average Bonchev–Trinajstić information content (AvgIpc) is 2.85. The van der Waals surface area contributed by atoms with Crippen molar-refractivity contribution in [2.75, 3.05) is 18.5 Å². The SMILES string of the molecule is OCCC[C@H]1Nc2cccc(Cl)c2[C@H]2OCC[C@H]21. The van der Waals surface area contributed by atoms with Gasteiger partial charge in [-0.3, -0.25) is 0 Å². The van der Waals surface area contributed by atoms with Gasteiger partial charge >= 0.3 is 0 Å². The summed E-state index contributed by atoms with van der Waals surface area (Å²) in [6.07, 6.45) is 3.00. The first-order valence-corrected chi connectivity index (χ1v) is 6.96. The lowest BCUT2D eigenvalue weighted by molar-refractivity contribution is 0.0814. The van der Waals surface area contributed by atoms with Gasteiger partial charge in [0.1, 0.15) is 0 Å². The lowest BCUT2D eigenvalue weighted by Gasteiger charge is -2.36. The molecule has 98 valence electrons. The number of halogens is 1. The van der Waals surface area contributed by atoms with Crippen molar-refractivity contribution in [3.8, 4) is 0 Å². The maximum absolute atomic E-state index is 9.00. The molecular weight excluding hydrogens is 250 g/mol. The van der Waals surface area contributed by atoms with Gasteiger partial charge in [0.2, 0.25) is 0 Å². The van der Waals surface area contributed by atoms with E-state index < -0.39 is 0 Å². The molecule has 0 bridgehead atoms. The zero-order chi connectivity index (χ0) is 12.5. The molecule has 0 aromatic heterocycles.